The third-order valence-corrected chi connectivity index (χ3v) is 7.70. The molecule has 3 aliphatic rings. The van der Waals surface area contributed by atoms with E-state index in [1.807, 2.05) is 31.0 Å². The van der Waals surface area contributed by atoms with Crippen molar-refractivity contribution in [1.82, 2.24) is 15.1 Å². The lowest BCUT2D eigenvalue weighted by atomic mass is 9.91. The lowest BCUT2D eigenvalue weighted by Crippen LogP contribution is -2.50. The van der Waals surface area contributed by atoms with E-state index in [0.29, 0.717) is 36.7 Å². The van der Waals surface area contributed by atoms with Crippen molar-refractivity contribution in [2.45, 2.75) is 57.0 Å². The Morgan fingerprint density at radius 3 is 2.58 bits per heavy atom. The van der Waals surface area contributed by atoms with Gasteiger partial charge in [-0.15, -0.1) is 0 Å². The van der Waals surface area contributed by atoms with E-state index in [1.165, 1.54) is 11.1 Å². The molecule has 0 aromatic heterocycles. The van der Waals surface area contributed by atoms with E-state index in [9.17, 15) is 14.7 Å². The average molecular weight is 494 g/mol. The summed E-state index contributed by atoms with van der Waals surface area (Å²) in [6.07, 6.45) is 1.92. The van der Waals surface area contributed by atoms with E-state index in [1.54, 1.807) is 18.2 Å². The minimum atomic E-state index is -0.722. The third-order valence-electron chi connectivity index (χ3n) is 7.70. The Kier molecular flexibility index (Phi) is 7.27. The number of hydrogen-bond acceptors (Lipinski definition) is 6. The summed E-state index contributed by atoms with van der Waals surface area (Å²) in [5.74, 6) is -0.00351. The van der Waals surface area contributed by atoms with Gasteiger partial charge in [-0.2, -0.15) is 0 Å². The Morgan fingerprint density at radius 1 is 1.14 bits per heavy atom. The molecule has 2 amide bonds. The first-order valence-corrected chi connectivity index (χ1v) is 12.9. The van der Waals surface area contributed by atoms with Gasteiger partial charge in [0.1, 0.15) is 5.75 Å². The summed E-state index contributed by atoms with van der Waals surface area (Å²) < 4.78 is 11.4. The molecule has 0 saturated carbocycles. The molecule has 8 nitrogen and oxygen atoms in total. The topological polar surface area (TPSA) is 91.3 Å². The quantitative estimate of drug-likeness (QED) is 0.615. The Morgan fingerprint density at radius 2 is 1.86 bits per heavy atom. The molecule has 2 N–H and O–H groups in total. The van der Waals surface area contributed by atoms with Crippen molar-refractivity contribution in [2.24, 2.45) is 0 Å². The van der Waals surface area contributed by atoms with Gasteiger partial charge in [0.15, 0.2) is 0 Å². The van der Waals surface area contributed by atoms with Crippen molar-refractivity contribution < 1.29 is 24.2 Å². The highest BCUT2D eigenvalue weighted by atomic mass is 16.5. The number of aliphatic hydroxyl groups is 1. The molecule has 192 valence electrons. The van der Waals surface area contributed by atoms with Crippen LogP contribution in [-0.2, 0) is 17.7 Å². The largest absolute Gasteiger partial charge is 0.493 e. The summed E-state index contributed by atoms with van der Waals surface area (Å²) >= 11 is 0. The van der Waals surface area contributed by atoms with Crippen LogP contribution in [0.15, 0.2) is 42.5 Å². The van der Waals surface area contributed by atoms with E-state index in [-0.39, 0.29) is 36.5 Å². The van der Waals surface area contributed by atoms with Gasteiger partial charge in [-0.1, -0.05) is 24.3 Å². The number of amides is 2. The Hall–Kier alpha value is -2.94. The second-order valence-electron chi connectivity index (χ2n) is 10.0. The molecule has 8 heteroatoms. The van der Waals surface area contributed by atoms with Crippen molar-refractivity contribution in [1.29, 1.82) is 0 Å². The summed E-state index contributed by atoms with van der Waals surface area (Å²) in [6, 6.07) is 13.4. The van der Waals surface area contributed by atoms with E-state index < -0.39 is 6.10 Å². The summed E-state index contributed by atoms with van der Waals surface area (Å²) in [7, 11) is 2.00. The minimum Gasteiger partial charge on any atom is -0.493 e. The van der Waals surface area contributed by atoms with E-state index >= 15 is 0 Å². The lowest BCUT2D eigenvalue weighted by molar-refractivity contribution is -0.00717. The summed E-state index contributed by atoms with van der Waals surface area (Å²) in [5.41, 5.74) is 3.37. The van der Waals surface area contributed by atoms with Gasteiger partial charge in [0.2, 0.25) is 0 Å². The standard InChI is InChI=1S/C28H35N3O5/c1-3-36-26-13-19(28(34)31-21-9-10-22(31)17-35-16-21)8-11-23(26)27(33)29-14-25(32)24-12-18-6-4-5-7-20(18)15-30(24)2/h4-8,11,13,21-22,24-25,32H,3,9-10,12,14-17H2,1-2H3,(H,29,33). The zero-order valence-electron chi connectivity index (χ0n) is 21.0. The van der Waals surface area contributed by atoms with Gasteiger partial charge in [0, 0.05) is 24.7 Å². The molecule has 4 unspecified atom stereocenters. The number of benzene rings is 2. The highest BCUT2D eigenvalue weighted by Crippen LogP contribution is 2.31. The zero-order chi connectivity index (χ0) is 25.2. The van der Waals surface area contributed by atoms with Crippen LogP contribution in [0.5, 0.6) is 5.75 Å². The molecule has 5 rings (SSSR count). The van der Waals surface area contributed by atoms with Crippen LogP contribution >= 0.6 is 0 Å². The molecule has 4 atom stereocenters. The van der Waals surface area contributed by atoms with Crippen molar-refractivity contribution >= 4 is 11.8 Å². The SMILES string of the molecule is CCOc1cc(C(=O)N2C3CCC2COC3)ccc1C(=O)NCC(O)C1Cc2ccccc2CN1C. The molecule has 36 heavy (non-hydrogen) atoms. The van der Waals surface area contributed by atoms with Crippen LogP contribution in [0.3, 0.4) is 0 Å². The van der Waals surface area contributed by atoms with E-state index in [2.05, 4.69) is 22.3 Å². The van der Waals surface area contributed by atoms with Gasteiger partial charge in [0.25, 0.3) is 11.8 Å². The Labute approximate surface area is 212 Å². The van der Waals surface area contributed by atoms with Crippen molar-refractivity contribution in [3.05, 3.63) is 64.7 Å². The number of carbonyl (C=O) groups excluding carboxylic acids is 2. The highest BCUT2D eigenvalue weighted by Gasteiger charge is 2.40. The molecule has 0 spiro atoms. The van der Waals surface area contributed by atoms with Crippen molar-refractivity contribution in [2.75, 3.05) is 33.4 Å². The van der Waals surface area contributed by atoms with Gasteiger partial charge in [-0.25, -0.2) is 0 Å². The number of rotatable bonds is 7. The van der Waals surface area contributed by atoms with Gasteiger partial charge < -0.3 is 24.8 Å². The van der Waals surface area contributed by atoms with Crippen LogP contribution in [0.1, 0.15) is 51.6 Å². The number of fused-ring (bicyclic) bond motifs is 3. The fourth-order valence-electron chi connectivity index (χ4n) is 5.76. The summed E-state index contributed by atoms with van der Waals surface area (Å²) in [5, 5.41) is 13.8. The smallest absolute Gasteiger partial charge is 0.255 e. The molecular weight excluding hydrogens is 458 g/mol. The van der Waals surface area contributed by atoms with Gasteiger partial charge >= 0.3 is 0 Å². The molecule has 3 aliphatic heterocycles. The minimum absolute atomic E-state index is 0.0465. The molecule has 2 bridgehead atoms. The van der Waals surface area contributed by atoms with Crippen LogP contribution in [-0.4, -0.2) is 84.4 Å². The lowest BCUT2D eigenvalue weighted by Gasteiger charge is -2.37. The zero-order valence-corrected chi connectivity index (χ0v) is 21.0. The number of morpholine rings is 1. The maximum Gasteiger partial charge on any atom is 0.255 e. The monoisotopic (exact) mass is 493 g/mol. The van der Waals surface area contributed by atoms with E-state index in [4.69, 9.17) is 9.47 Å². The number of ether oxygens (including phenoxy) is 2. The van der Waals surface area contributed by atoms with E-state index in [0.717, 1.165) is 25.8 Å². The first-order chi connectivity index (χ1) is 17.5. The van der Waals surface area contributed by atoms with Gasteiger partial charge in [-0.3, -0.25) is 14.5 Å². The average Bonchev–Trinajstić information content (AvgIpc) is 3.14. The maximum absolute atomic E-state index is 13.3. The normalized spacial score (nSPS) is 24.2. The fourth-order valence-corrected chi connectivity index (χ4v) is 5.76. The second-order valence-corrected chi connectivity index (χ2v) is 10.0. The highest BCUT2D eigenvalue weighted by molar-refractivity contribution is 6.00. The number of nitrogens with zero attached hydrogens (tertiary/aromatic N) is 2. The summed E-state index contributed by atoms with van der Waals surface area (Å²) in [4.78, 5) is 30.4. The Balaban J connectivity index is 1.26. The molecule has 3 heterocycles. The number of aliphatic hydroxyl groups excluding tert-OH is 1. The first kappa shape index (κ1) is 24.7. The van der Waals surface area contributed by atoms with Crippen LogP contribution in [0.4, 0.5) is 0 Å². The summed E-state index contributed by atoms with van der Waals surface area (Å²) in [6.45, 7) is 4.25. The van der Waals surface area contributed by atoms with Gasteiger partial charge in [0.05, 0.1) is 43.6 Å². The van der Waals surface area contributed by atoms with Crippen LogP contribution in [0.25, 0.3) is 0 Å². The number of nitrogens with one attached hydrogen (secondary N) is 1. The van der Waals surface area contributed by atoms with Crippen LogP contribution < -0.4 is 10.1 Å². The molecule has 2 aromatic rings. The van der Waals surface area contributed by atoms with Gasteiger partial charge in [-0.05, 0) is 62.6 Å². The maximum atomic E-state index is 13.3. The first-order valence-electron chi connectivity index (χ1n) is 12.9. The number of likely N-dealkylation sites (N-methyl/N-ethyl adjacent to an activating group) is 1. The van der Waals surface area contributed by atoms with Crippen LogP contribution in [0.2, 0.25) is 0 Å². The molecule has 0 radical (unpaired) electrons. The van der Waals surface area contributed by atoms with Crippen LogP contribution in [0, 0.1) is 0 Å². The molecule has 2 fully saturated rings. The van der Waals surface area contributed by atoms with Crippen molar-refractivity contribution in [3.63, 3.8) is 0 Å². The molecular formula is C28H35N3O5. The number of carbonyl (C=O) groups is 2. The third kappa shape index (κ3) is 4.85. The predicted molar refractivity (Wildman–Crippen MR) is 135 cm³/mol. The molecule has 0 aliphatic carbocycles. The Bertz CT molecular complexity index is 1110. The molecule has 2 aromatic carbocycles. The fraction of sp³-hybridized carbons (Fsp3) is 0.500. The number of hydrogen-bond donors (Lipinski definition) is 2. The molecule has 2 saturated heterocycles. The predicted octanol–water partition coefficient (Wildman–Crippen LogP) is 2.24. The second kappa shape index (κ2) is 10.6. The van der Waals surface area contributed by atoms with Crippen molar-refractivity contribution in [3.8, 4) is 5.75 Å².